The Bertz CT molecular complexity index is 588. The molecule has 0 atom stereocenters. The Morgan fingerprint density at radius 3 is 2.95 bits per heavy atom. The highest BCUT2D eigenvalue weighted by molar-refractivity contribution is 5.70. The molecule has 1 aromatic carbocycles. The van der Waals surface area contributed by atoms with Gasteiger partial charge < -0.3 is 10.2 Å². The quantitative estimate of drug-likeness (QED) is 0.931. The highest BCUT2D eigenvalue weighted by atomic mass is 15.3. The standard InChI is InChI=1S/C16H22N4/c1-3-13-11-14(19(2)18-13)12-20-10-6-9-17-15-7-4-5-8-16(15)20/h4-5,7-8,11,17H,3,6,9-10,12H2,1-2H3. The van der Waals surface area contributed by atoms with E-state index in [0.29, 0.717) is 0 Å². The maximum atomic E-state index is 4.55. The highest BCUT2D eigenvalue weighted by Crippen LogP contribution is 2.29. The molecule has 1 aromatic heterocycles. The summed E-state index contributed by atoms with van der Waals surface area (Å²) in [6.07, 6.45) is 2.15. The molecule has 1 N–H and O–H groups in total. The van der Waals surface area contributed by atoms with Gasteiger partial charge in [-0.3, -0.25) is 4.68 Å². The van der Waals surface area contributed by atoms with Gasteiger partial charge in [0.2, 0.25) is 0 Å². The van der Waals surface area contributed by atoms with Gasteiger partial charge in [0.25, 0.3) is 0 Å². The van der Waals surface area contributed by atoms with E-state index in [1.807, 2.05) is 11.7 Å². The molecule has 0 bridgehead atoms. The Labute approximate surface area is 120 Å². The van der Waals surface area contributed by atoms with Crippen LogP contribution in [0.3, 0.4) is 0 Å². The molecule has 0 unspecified atom stereocenters. The Morgan fingerprint density at radius 2 is 2.15 bits per heavy atom. The maximum Gasteiger partial charge on any atom is 0.0625 e. The van der Waals surface area contributed by atoms with Crippen LogP contribution in [0.25, 0.3) is 0 Å². The first-order valence-electron chi connectivity index (χ1n) is 7.37. The van der Waals surface area contributed by atoms with Gasteiger partial charge in [0.15, 0.2) is 0 Å². The third-order valence-electron chi connectivity index (χ3n) is 3.91. The third kappa shape index (κ3) is 2.50. The highest BCUT2D eigenvalue weighted by Gasteiger charge is 2.16. The fourth-order valence-electron chi connectivity index (χ4n) is 2.76. The van der Waals surface area contributed by atoms with Crippen LogP contribution in [0.5, 0.6) is 0 Å². The predicted molar refractivity (Wildman–Crippen MR) is 83.2 cm³/mol. The Hall–Kier alpha value is -1.97. The average Bonchev–Trinajstić information content (AvgIpc) is 2.70. The van der Waals surface area contributed by atoms with Gasteiger partial charge in [-0.1, -0.05) is 19.1 Å². The number of nitrogens with one attached hydrogen (secondary N) is 1. The van der Waals surface area contributed by atoms with Crippen molar-refractivity contribution in [1.29, 1.82) is 0 Å². The molecule has 4 heteroatoms. The lowest BCUT2D eigenvalue weighted by Gasteiger charge is -2.24. The summed E-state index contributed by atoms with van der Waals surface area (Å²) in [5, 5.41) is 8.06. The molecular formula is C16H22N4. The lowest BCUT2D eigenvalue weighted by atomic mass is 10.2. The van der Waals surface area contributed by atoms with Gasteiger partial charge in [0, 0.05) is 20.1 Å². The normalized spacial score (nSPS) is 14.6. The number of anilines is 2. The van der Waals surface area contributed by atoms with E-state index in [2.05, 4.69) is 52.6 Å². The van der Waals surface area contributed by atoms with Crippen molar-refractivity contribution >= 4 is 11.4 Å². The molecule has 0 radical (unpaired) electrons. The molecule has 2 aromatic rings. The number of hydrogen-bond donors (Lipinski definition) is 1. The predicted octanol–water partition coefficient (Wildman–Crippen LogP) is 2.80. The molecule has 0 amide bonds. The second kappa shape index (κ2) is 5.57. The van der Waals surface area contributed by atoms with Crippen molar-refractivity contribution in [2.45, 2.75) is 26.3 Å². The van der Waals surface area contributed by atoms with Crippen LogP contribution in [0.2, 0.25) is 0 Å². The van der Waals surface area contributed by atoms with Crippen LogP contribution in [-0.2, 0) is 20.0 Å². The van der Waals surface area contributed by atoms with Gasteiger partial charge in [-0.05, 0) is 31.0 Å². The molecule has 0 spiro atoms. The van der Waals surface area contributed by atoms with E-state index < -0.39 is 0 Å². The minimum atomic E-state index is 0.919. The second-order valence-corrected chi connectivity index (χ2v) is 5.32. The number of aryl methyl sites for hydroxylation is 2. The van der Waals surface area contributed by atoms with Gasteiger partial charge in [-0.25, -0.2) is 0 Å². The number of aromatic nitrogens is 2. The Balaban J connectivity index is 1.88. The van der Waals surface area contributed by atoms with E-state index in [1.165, 1.54) is 22.8 Å². The van der Waals surface area contributed by atoms with Gasteiger partial charge in [-0.2, -0.15) is 5.10 Å². The maximum absolute atomic E-state index is 4.55. The van der Waals surface area contributed by atoms with Gasteiger partial charge in [-0.15, -0.1) is 0 Å². The van der Waals surface area contributed by atoms with E-state index in [0.717, 1.165) is 32.5 Å². The summed E-state index contributed by atoms with van der Waals surface area (Å²) < 4.78 is 2.01. The molecule has 0 saturated carbocycles. The van der Waals surface area contributed by atoms with Gasteiger partial charge in [0.05, 0.1) is 29.3 Å². The number of rotatable bonds is 3. The van der Waals surface area contributed by atoms with E-state index in [-0.39, 0.29) is 0 Å². The SMILES string of the molecule is CCc1cc(CN2CCCNc3ccccc32)n(C)n1. The van der Waals surface area contributed by atoms with Crippen LogP contribution in [0.1, 0.15) is 24.7 Å². The fraction of sp³-hybridized carbons (Fsp3) is 0.438. The molecule has 0 aliphatic carbocycles. The number of fused-ring (bicyclic) bond motifs is 1. The topological polar surface area (TPSA) is 33.1 Å². The molecule has 4 nitrogen and oxygen atoms in total. The number of nitrogens with zero attached hydrogens (tertiary/aromatic N) is 3. The number of benzene rings is 1. The summed E-state index contributed by atoms with van der Waals surface area (Å²) in [5.41, 5.74) is 4.98. The average molecular weight is 270 g/mol. The molecule has 0 fully saturated rings. The van der Waals surface area contributed by atoms with E-state index in [4.69, 9.17) is 0 Å². The smallest absolute Gasteiger partial charge is 0.0625 e. The molecule has 106 valence electrons. The van der Waals surface area contributed by atoms with Gasteiger partial charge in [0.1, 0.15) is 0 Å². The third-order valence-corrected chi connectivity index (χ3v) is 3.91. The monoisotopic (exact) mass is 270 g/mol. The lowest BCUT2D eigenvalue weighted by Crippen LogP contribution is -2.24. The zero-order valence-corrected chi connectivity index (χ0v) is 12.3. The van der Waals surface area contributed by atoms with E-state index in [9.17, 15) is 0 Å². The molecule has 0 saturated heterocycles. The minimum Gasteiger partial charge on any atom is -0.383 e. The summed E-state index contributed by atoms with van der Waals surface area (Å²) in [4.78, 5) is 2.45. The number of hydrogen-bond acceptors (Lipinski definition) is 3. The summed E-state index contributed by atoms with van der Waals surface area (Å²) >= 11 is 0. The first-order chi connectivity index (χ1) is 9.78. The minimum absolute atomic E-state index is 0.919. The van der Waals surface area contributed by atoms with Crippen LogP contribution in [0.15, 0.2) is 30.3 Å². The van der Waals surface area contributed by atoms with Crippen LogP contribution in [0, 0.1) is 0 Å². The summed E-state index contributed by atoms with van der Waals surface area (Å²) in [6.45, 7) is 5.19. The van der Waals surface area contributed by atoms with Crippen molar-refractivity contribution in [3.8, 4) is 0 Å². The first-order valence-corrected chi connectivity index (χ1v) is 7.37. The summed E-state index contributed by atoms with van der Waals surface area (Å²) in [5.74, 6) is 0. The molecule has 1 aliphatic heterocycles. The lowest BCUT2D eigenvalue weighted by molar-refractivity contribution is 0.668. The molecule has 1 aliphatic rings. The van der Waals surface area contributed by atoms with E-state index >= 15 is 0 Å². The van der Waals surface area contributed by atoms with Crippen molar-refractivity contribution in [1.82, 2.24) is 9.78 Å². The van der Waals surface area contributed by atoms with Crippen molar-refractivity contribution in [3.05, 3.63) is 41.7 Å². The molecule has 20 heavy (non-hydrogen) atoms. The Kier molecular flexibility index (Phi) is 3.63. The van der Waals surface area contributed by atoms with Crippen molar-refractivity contribution in [2.24, 2.45) is 7.05 Å². The Morgan fingerprint density at radius 1 is 1.30 bits per heavy atom. The molecule has 2 heterocycles. The largest absolute Gasteiger partial charge is 0.383 e. The van der Waals surface area contributed by atoms with E-state index in [1.54, 1.807) is 0 Å². The zero-order valence-electron chi connectivity index (χ0n) is 12.3. The van der Waals surface area contributed by atoms with Crippen LogP contribution >= 0.6 is 0 Å². The molecular weight excluding hydrogens is 248 g/mol. The van der Waals surface area contributed by atoms with Crippen LogP contribution in [0.4, 0.5) is 11.4 Å². The van der Waals surface area contributed by atoms with Crippen LogP contribution < -0.4 is 10.2 Å². The van der Waals surface area contributed by atoms with Gasteiger partial charge >= 0.3 is 0 Å². The zero-order chi connectivity index (χ0) is 13.9. The molecule has 3 rings (SSSR count). The summed E-state index contributed by atoms with van der Waals surface area (Å²) in [7, 11) is 2.04. The first kappa shape index (κ1) is 13.0. The number of para-hydroxylation sites is 2. The van der Waals surface area contributed by atoms with Crippen LogP contribution in [-0.4, -0.2) is 22.9 Å². The van der Waals surface area contributed by atoms with Crippen molar-refractivity contribution in [3.63, 3.8) is 0 Å². The van der Waals surface area contributed by atoms with Crippen molar-refractivity contribution < 1.29 is 0 Å². The summed E-state index contributed by atoms with van der Waals surface area (Å²) in [6, 6.07) is 10.8. The second-order valence-electron chi connectivity index (χ2n) is 5.32. The van der Waals surface area contributed by atoms with Crippen molar-refractivity contribution in [2.75, 3.05) is 23.3 Å². The fourth-order valence-corrected chi connectivity index (χ4v) is 2.76.